The van der Waals surface area contributed by atoms with Gasteiger partial charge in [0, 0.05) is 43.0 Å². The Morgan fingerprint density at radius 1 is 0.978 bits per heavy atom. The molecule has 11 nitrogen and oxygen atoms in total. The minimum absolute atomic E-state index is 0.204. The van der Waals surface area contributed by atoms with Gasteiger partial charge in [0.1, 0.15) is 22.9 Å². The maximum atomic E-state index is 6.50. The first-order chi connectivity index (χ1) is 22.5. The van der Waals surface area contributed by atoms with E-state index in [0.717, 1.165) is 97.7 Å². The van der Waals surface area contributed by atoms with Crippen LogP contribution in [0.25, 0.3) is 22.6 Å². The Labute approximate surface area is 271 Å². The van der Waals surface area contributed by atoms with Crippen LogP contribution in [-0.2, 0) is 23.6 Å². The molecule has 0 spiro atoms. The third kappa shape index (κ3) is 5.10. The Hall–Kier alpha value is -4.06. The van der Waals surface area contributed by atoms with E-state index in [2.05, 4.69) is 47.8 Å². The molecular formula is C34H35ClN8O3. The maximum Gasteiger partial charge on any atom is 0.292 e. The Bertz CT molecular complexity index is 1910. The molecule has 46 heavy (non-hydrogen) atoms. The minimum Gasteiger partial charge on any atom is -0.443 e. The number of halogens is 1. The molecule has 7 heterocycles. The van der Waals surface area contributed by atoms with Crippen LogP contribution in [0.4, 0.5) is 0 Å². The predicted molar refractivity (Wildman–Crippen MR) is 171 cm³/mol. The van der Waals surface area contributed by atoms with Crippen LogP contribution in [0.15, 0.2) is 48.8 Å². The number of hydrogen-bond acceptors (Lipinski definition) is 9. The molecule has 1 saturated carbocycles. The number of likely N-dealkylation sites (tertiary alicyclic amines) is 1. The molecule has 0 bridgehead atoms. The number of hydrogen-bond donors (Lipinski definition) is 1. The lowest BCUT2D eigenvalue weighted by Gasteiger charge is -2.33. The van der Waals surface area contributed by atoms with Crippen molar-refractivity contribution in [1.29, 1.82) is 0 Å². The molecular weight excluding hydrogens is 604 g/mol. The van der Waals surface area contributed by atoms with Gasteiger partial charge in [-0.05, 0) is 75.4 Å². The SMILES string of the molecule is CC1(c2ccc(Cl)cn2)Oc2cccc(C3CCN(Cc4nc5cc(-c6nnc(C7CC7)[nH]6)cnc5n4CC4CCO4)CC3)c2O1. The number of aromatic nitrogens is 7. The summed E-state index contributed by atoms with van der Waals surface area (Å²) in [6.07, 6.45) is 9.15. The number of rotatable bonds is 8. The monoisotopic (exact) mass is 638 g/mol. The van der Waals surface area contributed by atoms with Crippen molar-refractivity contribution in [3.63, 3.8) is 0 Å². The van der Waals surface area contributed by atoms with Crippen molar-refractivity contribution in [3.8, 4) is 22.9 Å². The van der Waals surface area contributed by atoms with Crippen molar-refractivity contribution in [2.75, 3.05) is 19.7 Å². The summed E-state index contributed by atoms with van der Waals surface area (Å²) < 4.78 is 20.9. The van der Waals surface area contributed by atoms with E-state index in [4.69, 9.17) is 35.8 Å². The molecule has 4 aliphatic rings. The van der Waals surface area contributed by atoms with Crippen LogP contribution in [0.2, 0.25) is 5.02 Å². The minimum atomic E-state index is -0.992. The van der Waals surface area contributed by atoms with Gasteiger partial charge in [0.15, 0.2) is 23.0 Å². The standard InChI is InChI=1S/C34H35ClN8O3/c1-34(28-8-7-23(35)17-36-28)45-27-4-2-3-25(30(27)46-34)20-9-12-42(13-10-20)19-29-38-26-15-22(32-39-31(40-41-32)21-5-6-21)16-37-33(26)43(29)18-24-11-14-44-24/h2-4,7-8,15-17,20-21,24H,5-6,9-14,18-19H2,1H3,(H,39,40,41). The summed E-state index contributed by atoms with van der Waals surface area (Å²) in [5.74, 6) is 4.21. The molecule has 2 unspecified atom stereocenters. The zero-order chi connectivity index (χ0) is 30.8. The van der Waals surface area contributed by atoms with Gasteiger partial charge in [-0.15, -0.1) is 10.2 Å². The highest BCUT2D eigenvalue weighted by Gasteiger charge is 2.42. The van der Waals surface area contributed by atoms with Gasteiger partial charge in [-0.3, -0.25) is 9.88 Å². The van der Waals surface area contributed by atoms with E-state index in [1.165, 1.54) is 18.4 Å². The van der Waals surface area contributed by atoms with Gasteiger partial charge in [-0.2, -0.15) is 0 Å². The van der Waals surface area contributed by atoms with Gasteiger partial charge >= 0.3 is 0 Å². The van der Waals surface area contributed by atoms with Crippen molar-refractivity contribution < 1.29 is 14.2 Å². The van der Waals surface area contributed by atoms with Gasteiger partial charge in [-0.25, -0.2) is 9.97 Å². The molecule has 4 aromatic heterocycles. The summed E-state index contributed by atoms with van der Waals surface area (Å²) in [4.78, 5) is 20.4. The van der Waals surface area contributed by atoms with Gasteiger partial charge in [-0.1, -0.05) is 23.7 Å². The first-order valence-electron chi connectivity index (χ1n) is 16.2. The predicted octanol–water partition coefficient (Wildman–Crippen LogP) is 5.95. The Morgan fingerprint density at radius 3 is 2.61 bits per heavy atom. The lowest BCUT2D eigenvalue weighted by atomic mass is 9.88. The summed E-state index contributed by atoms with van der Waals surface area (Å²) in [5.41, 5.74) is 4.56. The summed E-state index contributed by atoms with van der Waals surface area (Å²) in [5, 5.41) is 9.34. The average molecular weight is 639 g/mol. The fourth-order valence-electron chi connectivity index (χ4n) is 6.90. The highest BCUT2D eigenvalue weighted by Crippen LogP contribution is 2.49. The molecule has 3 fully saturated rings. The molecule has 1 aliphatic carbocycles. The molecule has 1 N–H and O–H groups in total. The number of pyridine rings is 2. The second-order valence-corrected chi connectivity index (χ2v) is 13.5. The highest BCUT2D eigenvalue weighted by molar-refractivity contribution is 6.30. The number of benzene rings is 1. The fourth-order valence-corrected chi connectivity index (χ4v) is 7.01. The summed E-state index contributed by atoms with van der Waals surface area (Å²) in [6, 6.07) is 11.9. The van der Waals surface area contributed by atoms with Crippen LogP contribution in [0, 0.1) is 0 Å². The molecule has 0 radical (unpaired) electrons. The number of nitrogens with one attached hydrogen (secondary N) is 1. The van der Waals surface area contributed by atoms with E-state index in [1.807, 2.05) is 31.3 Å². The summed E-state index contributed by atoms with van der Waals surface area (Å²) >= 11 is 6.08. The number of ether oxygens (including phenoxy) is 3. The van der Waals surface area contributed by atoms with Crippen molar-refractivity contribution in [1.82, 2.24) is 39.6 Å². The summed E-state index contributed by atoms with van der Waals surface area (Å²) in [7, 11) is 0. The van der Waals surface area contributed by atoms with Crippen LogP contribution in [0.3, 0.4) is 0 Å². The van der Waals surface area contributed by atoms with Crippen molar-refractivity contribution in [2.24, 2.45) is 0 Å². The molecule has 3 aliphatic heterocycles. The Kier molecular flexibility index (Phi) is 6.76. The number of fused-ring (bicyclic) bond motifs is 2. The second-order valence-electron chi connectivity index (χ2n) is 13.1. The smallest absolute Gasteiger partial charge is 0.292 e. The third-order valence-corrected chi connectivity index (χ3v) is 10.0. The van der Waals surface area contributed by atoms with Crippen molar-refractivity contribution in [2.45, 2.75) is 75.8 Å². The molecule has 5 aromatic rings. The number of nitrogens with zero attached hydrogens (tertiary/aromatic N) is 7. The Balaban J connectivity index is 0.924. The number of imidazole rings is 1. The van der Waals surface area contributed by atoms with E-state index in [1.54, 1.807) is 6.20 Å². The van der Waals surface area contributed by atoms with Crippen LogP contribution in [0.5, 0.6) is 11.5 Å². The molecule has 2 atom stereocenters. The van der Waals surface area contributed by atoms with E-state index >= 15 is 0 Å². The molecule has 9 rings (SSSR count). The number of H-pyrrole nitrogens is 1. The van der Waals surface area contributed by atoms with E-state index in [-0.39, 0.29) is 6.10 Å². The van der Waals surface area contributed by atoms with E-state index in [9.17, 15) is 0 Å². The van der Waals surface area contributed by atoms with Crippen molar-refractivity contribution in [3.05, 3.63) is 76.7 Å². The van der Waals surface area contributed by atoms with Gasteiger partial charge < -0.3 is 23.8 Å². The lowest BCUT2D eigenvalue weighted by molar-refractivity contribution is -0.0722. The second kappa shape index (κ2) is 11.0. The highest BCUT2D eigenvalue weighted by atomic mass is 35.5. The number of piperidine rings is 1. The van der Waals surface area contributed by atoms with Crippen LogP contribution >= 0.6 is 11.6 Å². The molecule has 2 saturated heterocycles. The van der Waals surface area contributed by atoms with Gasteiger partial charge in [0.2, 0.25) is 0 Å². The molecule has 236 valence electrons. The number of aromatic amines is 1. The van der Waals surface area contributed by atoms with Gasteiger partial charge in [0.05, 0.1) is 24.2 Å². The van der Waals surface area contributed by atoms with Gasteiger partial charge in [0.25, 0.3) is 5.79 Å². The normalized spacial score (nSPS) is 23.2. The fraction of sp³-hybridized carbons (Fsp3) is 0.441. The Morgan fingerprint density at radius 2 is 1.85 bits per heavy atom. The molecule has 12 heteroatoms. The zero-order valence-corrected chi connectivity index (χ0v) is 26.4. The van der Waals surface area contributed by atoms with Crippen LogP contribution in [0.1, 0.15) is 73.8 Å². The number of para-hydroxylation sites is 1. The lowest BCUT2D eigenvalue weighted by Crippen LogP contribution is -2.35. The zero-order valence-electron chi connectivity index (χ0n) is 25.7. The van der Waals surface area contributed by atoms with E-state index < -0.39 is 5.79 Å². The third-order valence-electron chi connectivity index (χ3n) is 9.78. The first-order valence-corrected chi connectivity index (χ1v) is 16.6. The van der Waals surface area contributed by atoms with E-state index in [0.29, 0.717) is 22.6 Å². The first kappa shape index (κ1) is 28.2. The summed E-state index contributed by atoms with van der Waals surface area (Å²) in [6.45, 7) is 6.15. The average Bonchev–Trinajstić information content (AvgIpc) is 3.51. The largest absolute Gasteiger partial charge is 0.443 e. The molecule has 1 aromatic carbocycles. The molecule has 0 amide bonds. The van der Waals surface area contributed by atoms with Crippen molar-refractivity contribution >= 4 is 22.8 Å². The quantitative estimate of drug-likeness (QED) is 0.220. The van der Waals surface area contributed by atoms with Crippen LogP contribution < -0.4 is 9.47 Å². The topological polar surface area (TPSA) is 116 Å². The van der Waals surface area contributed by atoms with Crippen LogP contribution in [-0.4, -0.2) is 65.4 Å². The maximum absolute atomic E-state index is 6.50.